The zero-order valence-corrected chi connectivity index (χ0v) is 14.3. The van der Waals surface area contributed by atoms with Crippen LogP contribution in [0.5, 0.6) is 0 Å². The molecule has 3 N–H and O–H groups in total. The van der Waals surface area contributed by atoms with Crippen LogP contribution in [0.3, 0.4) is 0 Å². The highest BCUT2D eigenvalue weighted by atomic mass is 35.5. The number of halogens is 2. The van der Waals surface area contributed by atoms with E-state index < -0.39 is 15.9 Å². The summed E-state index contributed by atoms with van der Waals surface area (Å²) in [4.78, 5) is 12.0. The zero-order chi connectivity index (χ0) is 17.2. The predicted molar refractivity (Wildman–Crippen MR) is 90.1 cm³/mol. The van der Waals surface area contributed by atoms with E-state index in [1.165, 1.54) is 11.1 Å². The third kappa shape index (κ3) is 4.14. The molecule has 2 aromatic rings. The van der Waals surface area contributed by atoms with Crippen molar-refractivity contribution in [1.82, 2.24) is 5.43 Å². The number of para-hydroxylation sites is 1. The summed E-state index contributed by atoms with van der Waals surface area (Å²) in [6, 6.07) is 11.3. The van der Waals surface area contributed by atoms with E-state index >= 15 is 0 Å². The van der Waals surface area contributed by atoms with Gasteiger partial charge >= 0.3 is 0 Å². The van der Waals surface area contributed by atoms with Gasteiger partial charge in [0.05, 0.1) is 21.3 Å². The first kappa shape index (κ1) is 17.6. The number of hydrogen-bond acceptors (Lipinski definition) is 4. The second-order valence-electron chi connectivity index (χ2n) is 4.64. The Kier molecular flexibility index (Phi) is 5.16. The molecule has 0 fully saturated rings. The molecule has 0 heterocycles. The summed E-state index contributed by atoms with van der Waals surface area (Å²) in [6.45, 7) is 0. The number of carbonyl (C=O) groups is 1. The fourth-order valence-corrected chi connectivity index (χ4v) is 3.25. The molecule has 0 aliphatic heterocycles. The van der Waals surface area contributed by atoms with E-state index in [0.717, 1.165) is 11.8 Å². The predicted octanol–water partition coefficient (Wildman–Crippen LogP) is 2.42. The van der Waals surface area contributed by atoms with Gasteiger partial charge < -0.3 is 0 Å². The first-order valence-corrected chi connectivity index (χ1v) is 8.62. The minimum Gasteiger partial charge on any atom is -0.288 e. The van der Waals surface area contributed by atoms with Crippen LogP contribution >= 0.6 is 23.2 Å². The van der Waals surface area contributed by atoms with Crippen LogP contribution in [-0.2, 0) is 10.0 Å². The molecule has 0 saturated heterocycles. The lowest BCUT2D eigenvalue weighted by Crippen LogP contribution is -2.39. The molecule has 0 aliphatic rings. The van der Waals surface area contributed by atoms with Crippen LogP contribution < -0.4 is 15.6 Å². The highest BCUT2D eigenvalue weighted by Gasteiger charge is 2.20. The van der Waals surface area contributed by atoms with Gasteiger partial charge in [0.2, 0.25) is 10.0 Å². The number of rotatable bonds is 4. The van der Waals surface area contributed by atoms with E-state index in [0.29, 0.717) is 0 Å². The number of carbonyl (C=O) groups excluding carboxylic acids is 1. The molecule has 0 spiro atoms. The van der Waals surface area contributed by atoms with Crippen molar-refractivity contribution in [2.75, 3.05) is 12.1 Å². The number of hydrazine groups is 1. The van der Waals surface area contributed by atoms with Crippen LogP contribution in [0, 0.1) is 0 Å². The van der Waals surface area contributed by atoms with Crippen molar-refractivity contribution >= 4 is 44.8 Å². The SMILES string of the molecule is CN(NC(=O)c1cc(S(N)(=O)=O)c(Cl)cc1Cl)c1ccccc1. The largest absolute Gasteiger partial charge is 0.288 e. The molecule has 122 valence electrons. The van der Waals surface area contributed by atoms with Gasteiger partial charge in [-0.1, -0.05) is 41.4 Å². The summed E-state index contributed by atoms with van der Waals surface area (Å²) >= 11 is 11.8. The summed E-state index contributed by atoms with van der Waals surface area (Å²) in [5.74, 6) is -0.595. The molecular formula is C14H13Cl2N3O3S. The standard InChI is InChI=1S/C14H13Cl2N3O3S/c1-19(9-5-3-2-4-6-9)18-14(20)10-7-13(23(17,21)22)12(16)8-11(10)15/h2-8H,1H3,(H,18,20)(H2,17,21,22). The number of hydrogen-bond donors (Lipinski definition) is 2. The smallest absolute Gasteiger partial charge is 0.271 e. The Balaban J connectivity index is 2.33. The highest BCUT2D eigenvalue weighted by Crippen LogP contribution is 2.28. The number of nitrogens with zero attached hydrogens (tertiary/aromatic N) is 1. The van der Waals surface area contributed by atoms with Gasteiger partial charge in [0.1, 0.15) is 4.90 Å². The summed E-state index contributed by atoms with van der Waals surface area (Å²) in [6.07, 6.45) is 0. The molecule has 0 bridgehead atoms. The van der Waals surface area contributed by atoms with Gasteiger partial charge in [-0.25, -0.2) is 13.6 Å². The number of nitrogens with one attached hydrogen (secondary N) is 1. The minimum absolute atomic E-state index is 0.0151. The molecule has 6 nitrogen and oxygen atoms in total. The van der Waals surface area contributed by atoms with Crippen LogP contribution in [0.15, 0.2) is 47.4 Å². The van der Waals surface area contributed by atoms with Crippen LogP contribution in [0.4, 0.5) is 5.69 Å². The second kappa shape index (κ2) is 6.76. The number of primary sulfonamides is 1. The Morgan fingerprint density at radius 2 is 1.74 bits per heavy atom. The van der Waals surface area contributed by atoms with Gasteiger partial charge in [-0.15, -0.1) is 0 Å². The fourth-order valence-electron chi connectivity index (χ4n) is 1.85. The summed E-state index contributed by atoms with van der Waals surface area (Å²) < 4.78 is 23.0. The third-order valence-electron chi connectivity index (χ3n) is 2.99. The van der Waals surface area contributed by atoms with E-state index in [1.54, 1.807) is 19.2 Å². The van der Waals surface area contributed by atoms with E-state index in [9.17, 15) is 13.2 Å². The Hall–Kier alpha value is -1.80. The van der Waals surface area contributed by atoms with Gasteiger partial charge in [-0.05, 0) is 24.3 Å². The lowest BCUT2D eigenvalue weighted by atomic mass is 10.2. The van der Waals surface area contributed by atoms with Gasteiger partial charge in [0, 0.05) is 7.05 Å². The Morgan fingerprint density at radius 1 is 1.13 bits per heavy atom. The van der Waals surface area contributed by atoms with Crippen LogP contribution in [-0.4, -0.2) is 21.4 Å². The van der Waals surface area contributed by atoms with E-state index in [1.807, 2.05) is 18.2 Å². The molecule has 0 aliphatic carbocycles. The van der Waals surface area contributed by atoms with E-state index in [2.05, 4.69) is 5.43 Å². The fraction of sp³-hybridized carbons (Fsp3) is 0.0714. The highest BCUT2D eigenvalue weighted by molar-refractivity contribution is 7.89. The Morgan fingerprint density at radius 3 is 2.30 bits per heavy atom. The number of nitrogens with two attached hydrogens (primary N) is 1. The second-order valence-corrected chi connectivity index (χ2v) is 6.99. The number of anilines is 1. The molecule has 1 amide bonds. The van der Waals surface area contributed by atoms with Crippen molar-refractivity contribution in [2.24, 2.45) is 5.14 Å². The maximum Gasteiger partial charge on any atom is 0.271 e. The van der Waals surface area contributed by atoms with E-state index in [4.69, 9.17) is 28.3 Å². The first-order valence-electron chi connectivity index (χ1n) is 6.32. The maximum absolute atomic E-state index is 12.3. The van der Waals surface area contributed by atoms with Crippen LogP contribution in [0.1, 0.15) is 10.4 Å². The normalized spacial score (nSPS) is 11.1. The van der Waals surface area contributed by atoms with Crippen molar-refractivity contribution in [2.45, 2.75) is 4.90 Å². The minimum atomic E-state index is -4.07. The average Bonchev–Trinajstić information content (AvgIpc) is 2.46. The molecule has 0 radical (unpaired) electrons. The van der Waals surface area contributed by atoms with Crippen LogP contribution in [0.2, 0.25) is 10.0 Å². The van der Waals surface area contributed by atoms with E-state index in [-0.39, 0.29) is 20.5 Å². The van der Waals surface area contributed by atoms with Crippen molar-refractivity contribution in [3.63, 3.8) is 0 Å². The summed E-state index contributed by atoms with van der Waals surface area (Å²) in [7, 11) is -2.43. The molecule has 0 saturated carbocycles. The third-order valence-corrected chi connectivity index (χ3v) is 4.67. The lowest BCUT2D eigenvalue weighted by molar-refractivity contribution is 0.0951. The van der Waals surface area contributed by atoms with Crippen molar-refractivity contribution < 1.29 is 13.2 Å². The summed E-state index contributed by atoms with van der Waals surface area (Å²) in [5.41, 5.74) is 3.26. The molecule has 2 aromatic carbocycles. The summed E-state index contributed by atoms with van der Waals surface area (Å²) in [5, 5.41) is 6.42. The zero-order valence-electron chi connectivity index (χ0n) is 12.0. The Labute approximate surface area is 143 Å². The average molecular weight is 374 g/mol. The van der Waals surface area contributed by atoms with Gasteiger partial charge in [-0.2, -0.15) is 0 Å². The van der Waals surface area contributed by atoms with Crippen molar-refractivity contribution in [3.05, 3.63) is 58.1 Å². The van der Waals surface area contributed by atoms with Crippen molar-refractivity contribution in [1.29, 1.82) is 0 Å². The first-order chi connectivity index (χ1) is 10.7. The quantitative estimate of drug-likeness (QED) is 0.804. The number of sulfonamides is 1. The molecule has 0 aromatic heterocycles. The molecule has 9 heteroatoms. The number of amides is 1. The number of benzene rings is 2. The molecule has 23 heavy (non-hydrogen) atoms. The molecule has 2 rings (SSSR count). The maximum atomic E-state index is 12.3. The van der Waals surface area contributed by atoms with Crippen LogP contribution in [0.25, 0.3) is 0 Å². The van der Waals surface area contributed by atoms with Gasteiger partial charge in [0.25, 0.3) is 5.91 Å². The Bertz CT molecular complexity index is 842. The lowest BCUT2D eigenvalue weighted by Gasteiger charge is -2.20. The monoisotopic (exact) mass is 373 g/mol. The molecule has 0 atom stereocenters. The molecular weight excluding hydrogens is 361 g/mol. The topological polar surface area (TPSA) is 92.5 Å². The van der Waals surface area contributed by atoms with Gasteiger partial charge in [-0.3, -0.25) is 15.2 Å². The molecule has 0 unspecified atom stereocenters. The van der Waals surface area contributed by atoms with Crippen molar-refractivity contribution in [3.8, 4) is 0 Å². The van der Waals surface area contributed by atoms with Gasteiger partial charge in [0.15, 0.2) is 0 Å².